The van der Waals surface area contributed by atoms with Gasteiger partial charge in [0.2, 0.25) is 5.82 Å². The van der Waals surface area contributed by atoms with Gasteiger partial charge < -0.3 is 15.1 Å². The third-order valence-electron chi connectivity index (χ3n) is 2.01. The molecule has 8 heteroatoms. The number of carboxylic acid groups (broad SMARTS) is 1. The van der Waals surface area contributed by atoms with Crippen molar-refractivity contribution in [1.82, 2.24) is 14.9 Å². The fourth-order valence-electron chi connectivity index (χ4n) is 1.28. The lowest BCUT2D eigenvalue weighted by atomic mass is 10.2. The molecular formula is C10H8ClN3O4. The van der Waals surface area contributed by atoms with Gasteiger partial charge in [-0.25, -0.2) is 4.79 Å². The van der Waals surface area contributed by atoms with Gasteiger partial charge in [-0.3, -0.25) is 0 Å². The summed E-state index contributed by atoms with van der Waals surface area (Å²) in [5.41, 5.74) is 0.458. The van der Waals surface area contributed by atoms with Crippen LogP contribution in [0.2, 0.25) is 5.02 Å². The number of hydrogen-bond acceptors (Lipinski definition) is 5. The molecule has 0 fully saturated rings. The third-order valence-corrected chi connectivity index (χ3v) is 2.34. The van der Waals surface area contributed by atoms with E-state index >= 15 is 0 Å². The number of aromatic nitrogens is 3. The summed E-state index contributed by atoms with van der Waals surface area (Å²) in [7, 11) is 0. The van der Waals surface area contributed by atoms with E-state index in [1.165, 1.54) is 0 Å². The van der Waals surface area contributed by atoms with Crippen molar-refractivity contribution < 1.29 is 19.8 Å². The maximum absolute atomic E-state index is 10.3. The van der Waals surface area contributed by atoms with E-state index in [1.54, 1.807) is 24.3 Å². The molecule has 18 heavy (non-hydrogen) atoms. The van der Waals surface area contributed by atoms with Crippen LogP contribution in [0.5, 0.6) is 6.01 Å². The van der Waals surface area contributed by atoms with Crippen LogP contribution in [0.4, 0.5) is 0 Å². The molecule has 1 aromatic carbocycles. The Kier molecular flexibility index (Phi) is 3.33. The van der Waals surface area contributed by atoms with Gasteiger partial charge in [0.1, 0.15) is 0 Å². The molecule has 1 heterocycles. The van der Waals surface area contributed by atoms with Crippen molar-refractivity contribution in [3.05, 3.63) is 29.3 Å². The fourth-order valence-corrected chi connectivity index (χ4v) is 1.50. The Morgan fingerprint density at radius 1 is 1.44 bits per heavy atom. The molecule has 1 aromatic heterocycles. The third kappa shape index (κ3) is 2.51. The number of carboxylic acids is 1. The predicted molar refractivity (Wildman–Crippen MR) is 60.8 cm³/mol. The van der Waals surface area contributed by atoms with Gasteiger partial charge in [0.15, 0.2) is 6.61 Å². The monoisotopic (exact) mass is 269 g/mol. The van der Waals surface area contributed by atoms with Gasteiger partial charge in [-0.05, 0) is 12.1 Å². The summed E-state index contributed by atoms with van der Waals surface area (Å²) < 4.78 is 4.74. The Bertz CT molecular complexity index is 584. The van der Waals surface area contributed by atoms with Crippen molar-refractivity contribution in [1.29, 1.82) is 0 Å². The molecule has 2 rings (SSSR count). The first-order chi connectivity index (χ1) is 8.58. The number of hydrogen-bond donors (Lipinski definition) is 2. The summed E-state index contributed by atoms with van der Waals surface area (Å²) in [5, 5.41) is 21.9. The summed E-state index contributed by atoms with van der Waals surface area (Å²) >= 11 is 5.94. The second kappa shape index (κ2) is 4.92. The summed E-state index contributed by atoms with van der Waals surface area (Å²) in [6.45, 7) is -0.591. The zero-order chi connectivity index (χ0) is 13.1. The van der Waals surface area contributed by atoms with Crippen molar-refractivity contribution in [2.45, 2.75) is 0 Å². The van der Waals surface area contributed by atoms with Crippen LogP contribution in [0.15, 0.2) is 24.3 Å². The lowest BCUT2D eigenvalue weighted by Gasteiger charge is -1.99. The highest BCUT2D eigenvalue weighted by Crippen LogP contribution is 2.26. The van der Waals surface area contributed by atoms with E-state index < -0.39 is 12.6 Å². The summed E-state index contributed by atoms with van der Waals surface area (Å²) in [5.74, 6) is -1.09. The molecule has 0 aliphatic carbocycles. The number of nitrogens with zero attached hydrogens (tertiary/aromatic N) is 3. The van der Waals surface area contributed by atoms with E-state index in [4.69, 9.17) is 21.4 Å². The molecular weight excluding hydrogens is 262 g/mol. The highest BCUT2D eigenvalue weighted by atomic mass is 35.5. The average molecular weight is 270 g/mol. The molecule has 2 N–H and O–H groups in total. The zero-order valence-corrected chi connectivity index (χ0v) is 9.70. The van der Waals surface area contributed by atoms with Crippen molar-refractivity contribution >= 4 is 17.6 Å². The van der Waals surface area contributed by atoms with Crippen molar-refractivity contribution in [2.75, 3.05) is 6.61 Å². The molecule has 94 valence electrons. The van der Waals surface area contributed by atoms with E-state index in [0.29, 0.717) is 15.4 Å². The Morgan fingerprint density at radius 2 is 2.17 bits per heavy atom. The van der Waals surface area contributed by atoms with E-state index in [0.717, 1.165) is 0 Å². The minimum absolute atomic E-state index is 0.0704. The van der Waals surface area contributed by atoms with Crippen LogP contribution in [-0.2, 0) is 4.79 Å². The highest BCUT2D eigenvalue weighted by Gasteiger charge is 2.15. The van der Waals surface area contributed by atoms with Gasteiger partial charge >= 0.3 is 12.0 Å². The quantitative estimate of drug-likeness (QED) is 0.812. The maximum atomic E-state index is 10.3. The smallest absolute Gasteiger partial charge is 0.341 e. The second-order valence-electron chi connectivity index (χ2n) is 3.27. The first kappa shape index (κ1) is 12.2. The predicted octanol–water partition coefficient (Wildman–Crippen LogP) is 1.30. The topological polar surface area (TPSA) is 97.5 Å². The molecule has 0 radical (unpaired) electrons. The molecule has 0 bridgehead atoms. The normalized spacial score (nSPS) is 10.3. The lowest BCUT2D eigenvalue weighted by molar-refractivity contribution is -0.139. The van der Waals surface area contributed by atoms with E-state index in [2.05, 4.69) is 10.1 Å². The van der Waals surface area contributed by atoms with Crippen LogP contribution in [0, 0.1) is 0 Å². The van der Waals surface area contributed by atoms with Gasteiger partial charge in [0.25, 0.3) is 0 Å². The maximum Gasteiger partial charge on any atom is 0.341 e. The summed E-state index contributed by atoms with van der Waals surface area (Å²) in [6.07, 6.45) is 0. The molecule has 0 unspecified atom stereocenters. The highest BCUT2D eigenvalue weighted by molar-refractivity contribution is 6.33. The molecule has 0 saturated heterocycles. The minimum atomic E-state index is -1.16. The van der Waals surface area contributed by atoms with Crippen LogP contribution in [0.1, 0.15) is 0 Å². The molecule has 0 amide bonds. The van der Waals surface area contributed by atoms with Crippen LogP contribution < -0.4 is 4.74 Å². The standard InChI is InChI=1S/C10H8ClN3O4/c11-7-4-2-1-3-6(7)9-12-10(13-14(9)17)18-5-8(15)16/h1-4,17H,5H2,(H,15,16). The molecule has 0 atom stereocenters. The molecule has 0 spiro atoms. The number of aliphatic carboxylic acids is 1. The molecule has 7 nitrogen and oxygen atoms in total. The van der Waals surface area contributed by atoms with Gasteiger partial charge in [-0.15, -0.1) is 0 Å². The van der Waals surface area contributed by atoms with Crippen LogP contribution in [-0.4, -0.2) is 37.8 Å². The van der Waals surface area contributed by atoms with Gasteiger partial charge in [-0.1, -0.05) is 33.7 Å². The Balaban J connectivity index is 2.30. The summed E-state index contributed by atoms with van der Waals surface area (Å²) in [4.78, 5) is 14.6. The second-order valence-corrected chi connectivity index (χ2v) is 3.68. The van der Waals surface area contributed by atoms with Crippen molar-refractivity contribution in [3.63, 3.8) is 0 Å². The Labute approximate surface area is 106 Å². The molecule has 0 aliphatic heterocycles. The van der Waals surface area contributed by atoms with Crippen LogP contribution in [0.3, 0.4) is 0 Å². The van der Waals surface area contributed by atoms with Crippen molar-refractivity contribution in [3.8, 4) is 17.4 Å². The van der Waals surface area contributed by atoms with Crippen LogP contribution >= 0.6 is 11.6 Å². The zero-order valence-electron chi connectivity index (χ0n) is 8.95. The summed E-state index contributed by atoms with van der Waals surface area (Å²) in [6, 6.07) is 6.47. The number of carbonyl (C=O) groups is 1. The first-order valence-corrected chi connectivity index (χ1v) is 5.21. The Hall–Kier alpha value is -2.28. The van der Waals surface area contributed by atoms with Crippen LogP contribution in [0.25, 0.3) is 11.4 Å². The lowest BCUT2D eigenvalue weighted by Crippen LogP contribution is -2.10. The molecule has 0 saturated carbocycles. The average Bonchev–Trinajstić information content (AvgIpc) is 2.69. The van der Waals surface area contributed by atoms with Gasteiger partial charge in [0.05, 0.1) is 5.02 Å². The largest absolute Gasteiger partial charge is 0.479 e. The molecule has 2 aromatic rings. The number of ether oxygens (including phenoxy) is 1. The van der Waals surface area contributed by atoms with E-state index in [9.17, 15) is 10.0 Å². The Morgan fingerprint density at radius 3 is 2.83 bits per heavy atom. The number of benzene rings is 1. The first-order valence-electron chi connectivity index (χ1n) is 4.83. The fraction of sp³-hybridized carbons (Fsp3) is 0.100. The molecule has 0 aliphatic rings. The number of halogens is 1. The van der Waals surface area contributed by atoms with E-state index in [-0.39, 0.29) is 11.8 Å². The van der Waals surface area contributed by atoms with E-state index in [1.807, 2.05) is 0 Å². The minimum Gasteiger partial charge on any atom is -0.479 e. The van der Waals surface area contributed by atoms with Gasteiger partial charge in [-0.2, -0.15) is 4.98 Å². The number of rotatable bonds is 4. The SMILES string of the molecule is O=C(O)COc1nc(-c2ccccc2Cl)n(O)n1. The van der Waals surface area contributed by atoms with Crippen molar-refractivity contribution in [2.24, 2.45) is 0 Å². The van der Waals surface area contributed by atoms with Gasteiger partial charge in [0, 0.05) is 5.56 Å².